The van der Waals surface area contributed by atoms with E-state index in [1.54, 1.807) is 0 Å². The molecule has 0 aromatic rings. The largest absolute Gasteiger partial charge is 0.366 e. The minimum atomic E-state index is -0.273. The number of halogens is 1. The van der Waals surface area contributed by atoms with Crippen molar-refractivity contribution < 1.29 is 9.53 Å². The Morgan fingerprint density at radius 1 is 1.38 bits per heavy atom. The number of ether oxygens (including phenoxy) is 1. The van der Waals surface area contributed by atoms with Gasteiger partial charge in [-0.25, -0.2) is 0 Å². The van der Waals surface area contributed by atoms with Crippen LogP contribution >= 0.6 is 11.6 Å². The highest BCUT2D eigenvalue weighted by Gasteiger charge is 2.19. The van der Waals surface area contributed by atoms with Gasteiger partial charge in [-0.3, -0.25) is 4.79 Å². The van der Waals surface area contributed by atoms with E-state index in [1.807, 2.05) is 39.5 Å². The van der Waals surface area contributed by atoms with E-state index < -0.39 is 0 Å². The molecule has 0 rings (SSSR count). The Hall–Kier alpha value is -0.280. The molecule has 96 valence electrons. The normalized spacial score (nSPS) is 11.9. The van der Waals surface area contributed by atoms with Gasteiger partial charge in [0, 0.05) is 18.5 Å². The smallest absolute Gasteiger partial charge is 0.248 e. The lowest BCUT2D eigenvalue weighted by Gasteiger charge is -2.28. The fourth-order valence-electron chi connectivity index (χ4n) is 1.26. The van der Waals surface area contributed by atoms with Crippen LogP contribution in [0.4, 0.5) is 0 Å². The molecule has 0 spiro atoms. The van der Waals surface area contributed by atoms with Crippen molar-refractivity contribution in [3.8, 4) is 0 Å². The first kappa shape index (κ1) is 15.7. The van der Waals surface area contributed by atoms with Crippen LogP contribution in [0.5, 0.6) is 0 Å². The van der Waals surface area contributed by atoms with Crippen LogP contribution in [0.25, 0.3) is 0 Å². The Balaban J connectivity index is 4.17. The molecule has 1 amide bonds. The predicted octanol–water partition coefficient (Wildman–Crippen LogP) is 2.67. The van der Waals surface area contributed by atoms with E-state index in [-0.39, 0.29) is 24.2 Å². The second-order valence-corrected chi connectivity index (χ2v) is 5.50. The van der Waals surface area contributed by atoms with Gasteiger partial charge < -0.3 is 9.64 Å². The van der Waals surface area contributed by atoms with Gasteiger partial charge in [-0.2, -0.15) is 0 Å². The molecule has 0 aromatic carbocycles. The highest BCUT2D eigenvalue weighted by molar-refractivity contribution is 6.17. The summed E-state index contributed by atoms with van der Waals surface area (Å²) in [6, 6.07) is 0.194. The molecule has 4 heteroatoms. The molecule has 0 N–H and O–H groups in total. The number of rotatable bonds is 6. The molecular weight excluding hydrogens is 226 g/mol. The summed E-state index contributed by atoms with van der Waals surface area (Å²) in [5.41, 5.74) is -0.273. The summed E-state index contributed by atoms with van der Waals surface area (Å²) in [5.74, 6) is 0.617. The molecule has 0 bridgehead atoms. The van der Waals surface area contributed by atoms with Crippen LogP contribution in [-0.4, -0.2) is 41.5 Å². The van der Waals surface area contributed by atoms with Crippen LogP contribution in [0.1, 0.15) is 41.0 Å². The van der Waals surface area contributed by atoms with Gasteiger partial charge in [0.15, 0.2) is 0 Å². The lowest BCUT2D eigenvalue weighted by atomic mass is 10.2. The molecule has 0 atom stereocenters. The minimum Gasteiger partial charge on any atom is -0.366 e. The van der Waals surface area contributed by atoms with Crippen molar-refractivity contribution in [3.05, 3.63) is 0 Å². The van der Waals surface area contributed by atoms with Gasteiger partial charge in [-0.05, 0) is 41.0 Å². The van der Waals surface area contributed by atoms with Crippen molar-refractivity contribution in [2.24, 2.45) is 0 Å². The SMILES string of the molecule is CC(C)N(CCCCl)C(=O)COC(C)(C)C. The van der Waals surface area contributed by atoms with Crippen LogP contribution < -0.4 is 0 Å². The molecule has 0 fully saturated rings. The van der Waals surface area contributed by atoms with Crippen LogP contribution in [0.2, 0.25) is 0 Å². The monoisotopic (exact) mass is 249 g/mol. The maximum atomic E-state index is 11.9. The maximum absolute atomic E-state index is 11.9. The molecule has 0 unspecified atom stereocenters. The number of nitrogens with zero attached hydrogens (tertiary/aromatic N) is 1. The Bertz CT molecular complexity index is 212. The summed E-state index contributed by atoms with van der Waals surface area (Å²) in [6.45, 7) is 10.7. The fraction of sp³-hybridized carbons (Fsp3) is 0.917. The van der Waals surface area contributed by atoms with E-state index in [0.29, 0.717) is 12.4 Å². The molecule has 0 aliphatic rings. The number of carbonyl (C=O) groups is 1. The van der Waals surface area contributed by atoms with Gasteiger partial charge in [0.25, 0.3) is 0 Å². The lowest BCUT2D eigenvalue weighted by Crippen LogP contribution is -2.41. The topological polar surface area (TPSA) is 29.5 Å². The Labute approximate surface area is 104 Å². The zero-order valence-electron chi connectivity index (χ0n) is 11.0. The van der Waals surface area contributed by atoms with E-state index in [1.165, 1.54) is 0 Å². The summed E-state index contributed by atoms with van der Waals surface area (Å²) < 4.78 is 5.48. The number of hydrogen-bond acceptors (Lipinski definition) is 2. The standard InChI is InChI=1S/C12H24ClNO2/c1-10(2)14(8-6-7-13)11(15)9-16-12(3,4)5/h10H,6-9H2,1-5H3. The Morgan fingerprint density at radius 3 is 2.31 bits per heavy atom. The average molecular weight is 250 g/mol. The Morgan fingerprint density at radius 2 is 1.94 bits per heavy atom. The van der Waals surface area contributed by atoms with Crippen molar-refractivity contribution in [3.63, 3.8) is 0 Å². The van der Waals surface area contributed by atoms with Gasteiger partial charge in [-0.15, -0.1) is 11.6 Å². The molecule has 0 aromatic heterocycles. The molecular formula is C12H24ClNO2. The first-order valence-electron chi connectivity index (χ1n) is 5.77. The highest BCUT2D eigenvalue weighted by atomic mass is 35.5. The van der Waals surface area contributed by atoms with E-state index in [0.717, 1.165) is 6.42 Å². The maximum Gasteiger partial charge on any atom is 0.248 e. The highest BCUT2D eigenvalue weighted by Crippen LogP contribution is 2.08. The second-order valence-electron chi connectivity index (χ2n) is 5.12. The number of alkyl halides is 1. The summed E-state index contributed by atoms with van der Waals surface area (Å²) in [6.07, 6.45) is 0.820. The molecule has 0 aliphatic heterocycles. The van der Waals surface area contributed by atoms with Gasteiger partial charge >= 0.3 is 0 Å². The van der Waals surface area contributed by atoms with Crippen LogP contribution in [-0.2, 0) is 9.53 Å². The summed E-state index contributed by atoms with van der Waals surface area (Å²) in [5, 5.41) is 0. The third kappa shape index (κ3) is 7.07. The fourth-order valence-corrected chi connectivity index (χ4v) is 1.38. The van der Waals surface area contributed by atoms with Crippen molar-refractivity contribution in [1.82, 2.24) is 4.90 Å². The summed E-state index contributed by atoms with van der Waals surface area (Å²) in [4.78, 5) is 13.7. The van der Waals surface area contributed by atoms with E-state index in [9.17, 15) is 4.79 Å². The third-order valence-electron chi connectivity index (χ3n) is 2.10. The number of carbonyl (C=O) groups excluding carboxylic acids is 1. The summed E-state index contributed by atoms with van der Waals surface area (Å²) in [7, 11) is 0. The third-order valence-corrected chi connectivity index (χ3v) is 2.37. The Kier molecular flexibility index (Phi) is 7.00. The van der Waals surface area contributed by atoms with Crippen LogP contribution in [0.3, 0.4) is 0 Å². The molecule has 16 heavy (non-hydrogen) atoms. The lowest BCUT2D eigenvalue weighted by molar-refractivity contribution is -0.142. The van der Waals surface area contributed by atoms with Crippen LogP contribution in [0, 0.1) is 0 Å². The van der Waals surface area contributed by atoms with Gasteiger partial charge in [-0.1, -0.05) is 0 Å². The van der Waals surface area contributed by atoms with Crippen LogP contribution in [0.15, 0.2) is 0 Å². The quantitative estimate of drug-likeness (QED) is 0.678. The molecule has 0 saturated carbocycles. The average Bonchev–Trinajstić information content (AvgIpc) is 2.13. The molecule has 0 aliphatic carbocycles. The predicted molar refractivity (Wildman–Crippen MR) is 67.9 cm³/mol. The van der Waals surface area contributed by atoms with Crippen molar-refractivity contribution in [2.45, 2.75) is 52.7 Å². The van der Waals surface area contributed by atoms with E-state index >= 15 is 0 Å². The minimum absolute atomic E-state index is 0.0371. The zero-order valence-corrected chi connectivity index (χ0v) is 11.8. The second kappa shape index (κ2) is 7.13. The molecule has 0 saturated heterocycles. The van der Waals surface area contributed by atoms with E-state index in [4.69, 9.17) is 16.3 Å². The number of amides is 1. The molecule has 0 heterocycles. The van der Waals surface area contributed by atoms with E-state index in [2.05, 4.69) is 0 Å². The van der Waals surface area contributed by atoms with Gasteiger partial charge in [0.1, 0.15) is 6.61 Å². The van der Waals surface area contributed by atoms with Gasteiger partial charge in [0.2, 0.25) is 5.91 Å². The molecule has 0 radical (unpaired) electrons. The van der Waals surface area contributed by atoms with Crippen molar-refractivity contribution in [2.75, 3.05) is 19.0 Å². The first-order chi connectivity index (χ1) is 7.28. The van der Waals surface area contributed by atoms with Crippen molar-refractivity contribution >= 4 is 17.5 Å². The number of hydrogen-bond donors (Lipinski definition) is 0. The van der Waals surface area contributed by atoms with Gasteiger partial charge in [0.05, 0.1) is 5.60 Å². The van der Waals surface area contributed by atoms with Crippen molar-refractivity contribution in [1.29, 1.82) is 0 Å². The first-order valence-corrected chi connectivity index (χ1v) is 6.30. The zero-order chi connectivity index (χ0) is 12.8. The molecule has 3 nitrogen and oxygen atoms in total. The summed E-state index contributed by atoms with van der Waals surface area (Å²) >= 11 is 5.64.